The molecule has 0 fully saturated rings. The lowest BCUT2D eigenvalue weighted by atomic mass is 10.5. The topological polar surface area (TPSA) is 26.0 Å². The highest BCUT2D eigenvalue weighted by Crippen LogP contribution is 2.27. The van der Waals surface area contributed by atoms with E-state index >= 15 is 0 Å². The minimum Gasteiger partial charge on any atom is -0.373 e. The molecule has 0 amide bonds. The second kappa shape index (κ2) is 2.20. The Morgan fingerprint density at radius 2 is 1.44 bits per heavy atom. The lowest BCUT2D eigenvalue weighted by molar-refractivity contribution is -0.111. The van der Waals surface area contributed by atoms with Gasteiger partial charge in [0.2, 0.25) is 5.95 Å². The van der Waals surface area contributed by atoms with Crippen LogP contribution in [0.2, 0.25) is 0 Å². The summed E-state index contributed by atoms with van der Waals surface area (Å²) in [5, 5.41) is 0. The van der Waals surface area contributed by atoms with Crippen LogP contribution in [-0.4, -0.2) is 6.18 Å². The molecule has 0 aromatic carbocycles. The van der Waals surface area contributed by atoms with Gasteiger partial charge in [0.25, 0.3) is 5.83 Å². The van der Waals surface area contributed by atoms with Crippen molar-refractivity contribution in [3.05, 3.63) is 11.8 Å². The van der Waals surface area contributed by atoms with E-state index in [0.717, 1.165) is 0 Å². The van der Waals surface area contributed by atoms with Crippen LogP contribution in [0.5, 0.6) is 0 Å². The number of alkyl halides is 3. The van der Waals surface area contributed by atoms with Gasteiger partial charge in [-0.1, -0.05) is 0 Å². The van der Waals surface area contributed by atoms with E-state index in [1.165, 1.54) is 0 Å². The second-order valence-corrected chi connectivity index (χ2v) is 1.16. The average Bonchev–Trinajstić information content (AvgIpc) is 1.62. The Balaban J connectivity index is 4.40. The first-order chi connectivity index (χ1) is 3.85. The molecule has 0 bridgehead atoms. The molecule has 0 spiro atoms. The quantitative estimate of drug-likeness (QED) is 0.408. The molecule has 9 heavy (non-hydrogen) atoms. The first-order valence-electron chi connectivity index (χ1n) is 1.73. The van der Waals surface area contributed by atoms with E-state index in [1.54, 1.807) is 0 Å². The average molecular weight is 147 g/mol. The Kier molecular flexibility index (Phi) is 2.00. The molecule has 0 unspecified atom stereocenters. The largest absolute Gasteiger partial charge is 0.447 e. The van der Waals surface area contributed by atoms with Crippen molar-refractivity contribution in [3.63, 3.8) is 0 Å². The van der Waals surface area contributed by atoms with Crippen molar-refractivity contribution in [2.45, 2.75) is 6.18 Å². The SMILES string of the molecule is NC(F)=C(F)C(F)(F)F. The molecule has 2 N–H and O–H groups in total. The number of hydrogen-bond donors (Lipinski definition) is 1. The Labute approximate surface area is 46.9 Å². The molecule has 0 aliphatic carbocycles. The van der Waals surface area contributed by atoms with E-state index in [-0.39, 0.29) is 0 Å². The summed E-state index contributed by atoms with van der Waals surface area (Å²) in [6.07, 6.45) is -5.31. The van der Waals surface area contributed by atoms with E-state index in [1.807, 2.05) is 0 Å². The van der Waals surface area contributed by atoms with Crippen molar-refractivity contribution in [1.29, 1.82) is 0 Å². The first-order valence-corrected chi connectivity index (χ1v) is 1.73. The number of halogens is 5. The summed E-state index contributed by atoms with van der Waals surface area (Å²) < 4.78 is 55.3. The molecule has 0 radical (unpaired) electrons. The van der Waals surface area contributed by atoms with E-state index in [2.05, 4.69) is 5.73 Å². The third-order valence-corrected chi connectivity index (χ3v) is 0.459. The summed E-state index contributed by atoms with van der Waals surface area (Å²) in [5.74, 6) is -5.23. The van der Waals surface area contributed by atoms with Gasteiger partial charge in [-0.15, -0.1) is 0 Å². The van der Waals surface area contributed by atoms with Gasteiger partial charge in [-0.05, 0) is 0 Å². The summed E-state index contributed by atoms with van der Waals surface area (Å²) in [6, 6.07) is 0. The van der Waals surface area contributed by atoms with E-state index in [4.69, 9.17) is 0 Å². The molecule has 6 heteroatoms. The highest BCUT2D eigenvalue weighted by atomic mass is 19.4. The van der Waals surface area contributed by atoms with Gasteiger partial charge < -0.3 is 5.73 Å². The molecule has 1 nitrogen and oxygen atoms in total. The van der Waals surface area contributed by atoms with Gasteiger partial charge >= 0.3 is 6.18 Å². The number of hydrogen-bond acceptors (Lipinski definition) is 1. The van der Waals surface area contributed by atoms with Crippen LogP contribution in [0.3, 0.4) is 0 Å². The van der Waals surface area contributed by atoms with Gasteiger partial charge in [-0.2, -0.15) is 22.0 Å². The normalized spacial score (nSPS) is 15.2. The van der Waals surface area contributed by atoms with Crippen LogP contribution < -0.4 is 5.73 Å². The fourth-order valence-electron chi connectivity index (χ4n) is 0.135. The lowest BCUT2D eigenvalue weighted by Gasteiger charge is -2.00. The van der Waals surface area contributed by atoms with Crippen LogP contribution in [-0.2, 0) is 0 Å². The van der Waals surface area contributed by atoms with Gasteiger partial charge in [0, 0.05) is 0 Å². The molecule has 0 atom stereocenters. The summed E-state index contributed by atoms with van der Waals surface area (Å²) in [6.45, 7) is 0. The summed E-state index contributed by atoms with van der Waals surface area (Å²) >= 11 is 0. The fraction of sp³-hybridized carbons (Fsp3) is 0.333. The van der Waals surface area contributed by atoms with Gasteiger partial charge in [0.15, 0.2) is 0 Å². The highest BCUT2D eigenvalue weighted by Gasteiger charge is 2.37. The standard InChI is InChI=1S/C3H2F5N/c4-1(2(5)9)3(6,7)8/h9H2. The van der Waals surface area contributed by atoms with Crippen molar-refractivity contribution in [2.24, 2.45) is 5.73 Å². The third-order valence-electron chi connectivity index (χ3n) is 0.459. The van der Waals surface area contributed by atoms with Crippen LogP contribution in [0, 0.1) is 0 Å². The Morgan fingerprint density at radius 3 is 1.44 bits per heavy atom. The molecule has 54 valence electrons. The molecule has 0 saturated heterocycles. The molecule has 0 aliphatic heterocycles. The van der Waals surface area contributed by atoms with E-state index in [0.29, 0.717) is 0 Å². The van der Waals surface area contributed by atoms with Crippen LogP contribution in [0.1, 0.15) is 0 Å². The molecule has 0 saturated carbocycles. The van der Waals surface area contributed by atoms with Crippen molar-refractivity contribution in [2.75, 3.05) is 0 Å². The monoisotopic (exact) mass is 147 g/mol. The van der Waals surface area contributed by atoms with Crippen LogP contribution in [0.4, 0.5) is 22.0 Å². The summed E-state index contributed by atoms with van der Waals surface area (Å²) in [7, 11) is 0. The van der Waals surface area contributed by atoms with Crippen molar-refractivity contribution in [3.8, 4) is 0 Å². The smallest absolute Gasteiger partial charge is 0.373 e. The first kappa shape index (κ1) is 8.19. The van der Waals surface area contributed by atoms with E-state index < -0.39 is 18.0 Å². The minimum absolute atomic E-state index is 2.34. The molecule has 0 aromatic rings. The summed E-state index contributed by atoms with van der Waals surface area (Å²) in [4.78, 5) is 0. The molecular formula is C3H2F5N. The molecular weight excluding hydrogens is 145 g/mol. The second-order valence-electron chi connectivity index (χ2n) is 1.16. The van der Waals surface area contributed by atoms with Crippen LogP contribution in [0.25, 0.3) is 0 Å². The maximum absolute atomic E-state index is 11.3. The molecule has 0 heterocycles. The zero-order valence-corrected chi connectivity index (χ0v) is 3.97. The summed E-state index contributed by atoms with van der Waals surface area (Å²) in [5.41, 5.74) is 3.84. The van der Waals surface area contributed by atoms with Gasteiger partial charge in [0.05, 0.1) is 0 Å². The maximum atomic E-state index is 11.3. The predicted molar refractivity (Wildman–Crippen MR) is 19.5 cm³/mol. The Morgan fingerprint density at radius 1 is 1.11 bits per heavy atom. The number of rotatable bonds is 0. The van der Waals surface area contributed by atoms with Crippen LogP contribution in [0.15, 0.2) is 11.8 Å². The number of allylic oxidation sites excluding steroid dienone is 1. The molecule has 0 aromatic heterocycles. The van der Waals surface area contributed by atoms with Gasteiger partial charge in [-0.3, -0.25) is 0 Å². The van der Waals surface area contributed by atoms with Crippen molar-refractivity contribution >= 4 is 0 Å². The van der Waals surface area contributed by atoms with Gasteiger partial charge in [-0.25, -0.2) is 0 Å². The van der Waals surface area contributed by atoms with Gasteiger partial charge in [0.1, 0.15) is 0 Å². The van der Waals surface area contributed by atoms with E-state index in [9.17, 15) is 22.0 Å². The van der Waals surface area contributed by atoms with Crippen LogP contribution >= 0.6 is 0 Å². The number of nitrogens with two attached hydrogens (primary N) is 1. The Hall–Kier alpha value is -0.810. The zero-order chi connectivity index (χ0) is 7.65. The molecule has 0 rings (SSSR count). The Bertz CT molecular complexity index is 130. The van der Waals surface area contributed by atoms with Crippen molar-refractivity contribution in [1.82, 2.24) is 0 Å². The highest BCUT2D eigenvalue weighted by molar-refractivity contribution is 5.01. The minimum atomic E-state index is -5.31. The fourth-order valence-corrected chi connectivity index (χ4v) is 0.135. The molecule has 0 aliphatic rings. The lowest BCUT2D eigenvalue weighted by Crippen LogP contribution is -2.12. The predicted octanol–water partition coefficient (Wildman–Crippen LogP) is 1.62. The maximum Gasteiger partial charge on any atom is 0.447 e. The third kappa shape index (κ3) is 2.29. The van der Waals surface area contributed by atoms with Crippen molar-refractivity contribution < 1.29 is 22.0 Å². The zero-order valence-electron chi connectivity index (χ0n) is 3.97.